The molecule has 1 N–H and O–H groups in total. The van der Waals surface area contributed by atoms with Gasteiger partial charge < -0.3 is 5.32 Å². The third-order valence-corrected chi connectivity index (χ3v) is 2.91. The van der Waals surface area contributed by atoms with Crippen molar-refractivity contribution >= 4 is 5.82 Å². The summed E-state index contributed by atoms with van der Waals surface area (Å²) in [5.74, 6) is 0.837. The van der Waals surface area contributed by atoms with Crippen LogP contribution in [-0.2, 0) is 7.05 Å². The van der Waals surface area contributed by atoms with Crippen LogP contribution < -0.4 is 5.32 Å². The Morgan fingerprint density at radius 3 is 2.56 bits per heavy atom. The lowest BCUT2D eigenvalue weighted by atomic mass is 10.2. The molecule has 0 radical (unpaired) electrons. The van der Waals surface area contributed by atoms with E-state index in [9.17, 15) is 0 Å². The molecule has 96 valence electrons. The number of aromatic nitrogens is 4. The molecule has 2 rings (SSSR count). The minimum absolute atomic E-state index is 0.837. The first kappa shape index (κ1) is 12.5. The second kappa shape index (κ2) is 5.16. The molecule has 2 aromatic rings. The predicted octanol–water partition coefficient (Wildman–Crippen LogP) is 2.32. The van der Waals surface area contributed by atoms with Gasteiger partial charge in [0.25, 0.3) is 0 Å². The topological polar surface area (TPSA) is 55.6 Å². The van der Waals surface area contributed by atoms with E-state index in [1.54, 1.807) is 6.20 Å². The minimum atomic E-state index is 0.837. The largest absolute Gasteiger partial charge is 0.368 e. The van der Waals surface area contributed by atoms with Crippen LogP contribution in [0.1, 0.15) is 24.7 Å². The van der Waals surface area contributed by atoms with Crippen molar-refractivity contribution in [3.63, 3.8) is 0 Å². The predicted molar refractivity (Wildman–Crippen MR) is 72.5 cm³/mol. The van der Waals surface area contributed by atoms with Crippen LogP contribution in [0.15, 0.2) is 12.3 Å². The number of aryl methyl sites for hydroxylation is 3. The Bertz CT molecular complexity index is 544. The fourth-order valence-electron chi connectivity index (χ4n) is 1.75. The summed E-state index contributed by atoms with van der Waals surface area (Å²) in [6.07, 6.45) is 2.83. The molecule has 18 heavy (non-hydrogen) atoms. The van der Waals surface area contributed by atoms with Gasteiger partial charge in [-0.25, -0.2) is 9.97 Å². The average molecular weight is 245 g/mol. The highest BCUT2D eigenvalue weighted by Gasteiger charge is 2.13. The van der Waals surface area contributed by atoms with Crippen LogP contribution in [0.25, 0.3) is 11.4 Å². The van der Waals surface area contributed by atoms with E-state index in [1.165, 1.54) is 0 Å². The van der Waals surface area contributed by atoms with Gasteiger partial charge in [-0.3, -0.25) is 4.68 Å². The van der Waals surface area contributed by atoms with E-state index in [2.05, 4.69) is 27.3 Å². The Balaban J connectivity index is 2.50. The SMILES string of the molecule is CCCNc1nc(C)c(C)nc1-c1ccnn1C. The van der Waals surface area contributed by atoms with Crippen LogP contribution in [0, 0.1) is 13.8 Å². The molecule has 0 aliphatic heterocycles. The maximum Gasteiger partial charge on any atom is 0.154 e. The number of hydrogen-bond acceptors (Lipinski definition) is 4. The molecule has 5 heteroatoms. The summed E-state index contributed by atoms with van der Waals surface area (Å²) >= 11 is 0. The third-order valence-electron chi connectivity index (χ3n) is 2.91. The van der Waals surface area contributed by atoms with Crippen molar-refractivity contribution in [3.05, 3.63) is 23.7 Å². The lowest BCUT2D eigenvalue weighted by Gasteiger charge is -2.12. The second-order valence-electron chi connectivity index (χ2n) is 4.36. The Hall–Kier alpha value is -1.91. The molecule has 5 nitrogen and oxygen atoms in total. The van der Waals surface area contributed by atoms with Gasteiger partial charge in [0, 0.05) is 19.8 Å². The summed E-state index contributed by atoms with van der Waals surface area (Å²) in [6, 6.07) is 1.95. The molecule has 0 spiro atoms. The number of nitrogens with zero attached hydrogens (tertiary/aromatic N) is 4. The second-order valence-corrected chi connectivity index (χ2v) is 4.36. The van der Waals surface area contributed by atoms with Gasteiger partial charge in [-0.2, -0.15) is 5.10 Å². The van der Waals surface area contributed by atoms with Gasteiger partial charge in [-0.05, 0) is 26.3 Å². The van der Waals surface area contributed by atoms with E-state index in [4.69, 9.17) is 0 Å². The van der Waals surface area contributed by atoms with E-state index in [0.29, 0.717) is 0 Å². The summed E-state index contributed by atoms with van der Waals surface area (Å²) in [6.45, 7) is 6.98. The molecule has 0 saturated carbocycles. The molecular formula is C13H19N5. The molecule has 0 amide bonds. The molecule has 0 bridgehead atoms. The summed E-state index contributed by atoms with van der Waals surface area (Å²) in [5, 5.41) is 7.52. The molecule has 0 atom stereocenters. The van der Waals surface area contributed by atoms with Gasteiger partial charge in [0.1, 0.15) is 5.69 Å². The van der Waals surface area contributed by atoms with Gasteiger partial charge in [0.05, 0.1) is 17.1 Å². The first-order chi connectivity index (χ1) is 8.63. The monoisotopic (exact) mass is 245 g/mol. The maximum absolute atomic E-state index is 4.64. The first-order valence-electron chi connectivity index (χ1n) is 6.21. The number of anilines is 1. The Morgan fingerprint density at radius 1 is 1.22 bits per heavy atom. The fourth-order valence-corrected chi connectivity index (χ4v) is 1.75. The van der Waals surface area contributed by atoms with Gasteiger partial charge >= 0.3 is 0 Å². The standard InChI is InChI=1S/C13H19N5/c1-5-7-14-13-12(11-6-8-15-18(11)4)16-9(2)10(3)17-13/h6,8H,5,7H2,1-4H3,(H,14,17). The van der Waals surface area contributed by atoms with Crippen molar-refractivity contribution in [2.45, 2.75) is 27.2 Å². The van der Waals surface area contributed by atoms with Crippen LogP contribution in [-0.4, -0.2) is 26.3 Å². The Morgan fingerprint density at radius 2 is 1.94 bits per heavy atom. The zero-order chi connectivity index (χ0) is 13.1. The highest BCUT2D eigenvalue weighted by molar-refractivity contribution is 5.68. The first-order valence-corrected chi connectivity index (χ1v) is 6.21. The van der Waals surface area contributed by atoms with Crippen LogP contribution in [0.2, 0.25) is 0 Å². The van der Waals surface area contributed by atoms with Gasteiger partial charge in [-0.1, -0.05) is 6.92 Å². The van der Waals surface area contributed by atoms with Crippen LogP contribution in [0.5, 0.6) is 0 Å². The molecule has 0 fully saturated rings. The van der Waals surface area contributed by atoms with E-state index in [1.807, 2.05) is 31.6 Å². The zero-order valence-corrected chi connectivity index (χ0v) is 11.4. The minimum Gasteiger partial charge on any atom is -0.368 e. The van der Waals surface area contributed by atoms with E-state index < -0.39 is 0 Å². The highest BCUT2D eigenvalue weighted by atomic mass is 15.3. The summed E-state index contributed by atoms with van der Waals surface area (Å²) in [5.41, 5.74) is 3.75. The van der Waals surface area contributed by atoms with Crippen molar-refractivity contribution in [1.82, 2.24) is 19.7 Å². The fraction of sp³-hybridized carbons (Fsp3) is 0.462. The lowest BCUT2D eigenvalue weighted by molar-refractivity contribution is 0.771. The molecule has 0 aliphatic carbocycles. The van der Waals surface area contributed by atoms with E-state index >= 15 is 0 Å². The lowest BCUT2D eigenvalue weighted by Crippen LogP contribution is -2.09. The van der Waals surface area contributed by atoms with E-state index in [-0.39, 0.29) is 0 Å². The number of rotatable bonds is 4. The molecule has 0 unspecified atom stereocenters. The van der Waals surface area contributed by atoms with Crippen molar-refractivity contribution in [2.75, 3.05) is 11.9 Å². The summed E-state index contributed by atoms with van der Waals surface area (Å²) in [7, 11) is 1.91. The van der Waals surface area contributed by atoms with Crippen LogP contribution in [0.3, 0.4) is 0 Å². The molecule has 0 saturated heterocycles. The van der Waals surface area contributed by atoms with Gasteiger partial charge in [-0.15, -0.1) is 0 Å². The van der Waals surface area contributed by atoms with Gasteiger partial charge in [0.15, 0.2) is 5.82 Å². The van der Waals surface area contributed by atoms with Crippen molar-refractivity contribution < 1.29 is 0 Å². The molecule has 0 aliphatic rings. The van der Waals surface area contributed by atoms with Gasteiger partial charge in [0.2, 0.25) is 0 Å². The van der Waals surface area contributed by atoms with Crippen LogP contribution >= 0.6 is 0 Å². The van der Waals surface area contributed by atoms with Crippen molar-refractivity contribution in [2.24, 2.45) is 7.05 Å². The zero-order valence-electron chi connectivity index (χ0n) is 11.4. The maximum atomic E-state index is 4.64. The van der Waals surface area contributed by atoms with E-state index in [0.717, 1.165) is 41.6 Å². The smallest absolute Gasteiger partial charge is 0.154 e. The molecular weight excluding hydrogens is 226 g/mol. The number of hydrogen-bond donors (Lipinski definition) is 1. The Labute approximate surface area is 107 Å². The van der Waals surface area contributed by atoms with Crippen molar-refractivity contribution in [1.29, 1.82) is 0 Å². The third kappa shape index (κ3) is 2.34. The average Bonchev–Trinajstić information content (AvgIpc) is 2.76. The van der Waals surface area contributed by atoms with Crippen LogP contribution in [0.4, 0.5) is 5.82 Å². The normalized spacial score (nSPS) is 10.7. The highest BCUT2D eigenvalue weighted by Crippen LogP contribution is 2.24. The summed E-state index contributed by atoms with van der Waals surface area (Å²) < 4.78 is 1.82. The molecule has 2 heterocycles. The molecule has 0 aromatic carbocycles. The molecule has 2 aromatic heterocycles. The quantitative estimate of drug-likeness (QED) is 0.898. The number of nitrogens with one attached hydrogen (secondary N) is 1. The Kier molecular flexibility index (Phi) is 3.60. The summed E-state index contributed by atoms with van der Waals surface area (Å²) in [4.78, 5) is 9.24. The van der Waals surface area contributed by atoms with Crippen molar-refractivity contribution in [3.8, 4) is 11.4 Å².